The summed E-state index contributed by atoms with van der Waals surface area (Å²) in [7, 11) is 1.51. The molecule has 3 rings (SSSR count). The van der Waals surface area contributed by atoms with Gasteiger partial charge in [0.15, 0.2) is 18.1 Å². The van der Waals surface area contributed by atoms with Gasteiger partial charge < -0.3 is 14.2 Å². The number of hydrazine groups is 1. The molecule has 1 aromatic heterocycles. The predicted molar refractivity (Wildman–Crippen MR) is 145 cm³/mol. The first-order valence-corrected chi connectivity index (χ1v) is 13.8. The first-order valence-electron chi connectivity index (χ1n) is 11.6. The predicted octanol–water partition coefficient (Wildman–Crippen LogP) is 2.77. The van der Waals surface area contributed by atoms with E-state index < -0.39 is 23.8 Å². The van der Waals surface area contributed by atoms with Crippen molar-refractivity contribution in [3.63, 3.8) is 0 Å². The van der Waals surface area contributed by atoms with Crippen LogP contribution in [0.5, 0.6) is 11.5 Å². The maximum atomic E-state index is 12.2. The molecule has 0 unspecified atom stereocenters. The van der Waals surface area contributed by atoms with Gasteiger partial charge in [0.2, 0.25) is 0 Å². The number of fused-ring (bicyclic) bond motifs is 1. The van der Waals surface area contributed by atoms with Crippen LogP contribution < -0.4 is 25.6 Å². The highest BCUT2D eigenvalue weighted by atomic mass is 32.2. The van der Waals surface area contributed by atoms with Crippen molar-refractivity contribution in [1.29, 1.82) is 0 Å². The van der Waals surface area contributed by atoms with Crippen LogP contribution >= 0.6 is 23.1 Å². The largest absolute Gasteiger partial charge is 0.493 e. The van der Waals surface area contributed by atoms with Crippen LogP contribution in [-0.2, 0) is 19.1 Å². The lowest BCUT2D eigenvalue weighted by Crippen LogP contribution is -2.49. The third-order valence-electron chi connectivity index (χ3n) is 5.10. The zero-order valence-corrected chi connectivity index (χ0v) is 22.5. The van der Waals surface area contributed by atoms with Gasteiger partial charge in [0.25, 0.3) is 11.8 Å². The molecule has 0 aliphatic rings. The molecule has 0 spiro atoms. The summed E-state index contributed by atoms with van der Waals surface area (Å²) in [6.07, 6.45) is 2.45. The van der Waals surface area contributed by atoms with Crippen LogP contribution in [-0.4, -0.2) is 67.7 Å². The highest BCUT2D eigenvalue weighted by Crippen LogP contribution is 2.35. The van der Waals surface area contributed by atoms with Gasteiger partial charge in [-0.2, -0.15) is 11.8 Å². The van der Waals surface area contributed by atoms with Crippen LogP contribution in [0.3, 0.4) is 0 Å². The minimum atomic E-state index is -0.601. The van der Waals surface area contributed by atoms with Crippen molar-refractivity contribution in [2.75, 3.05) is 38.9 Å². The van der Waals surface area contributed by atoms with Gasteiger partial charge >= 0.3 is 5.97 Å². The van der Waals surface area contributed by atoms with E-state index in [-0.39, 0.29) is 19.8 Å². The van der Waals surface area contributed by atoms with Gasteiger partial charge in [-0.25, -0.2) is 4.98 Å². The number of thiazole rings is 1. The van der Waals surface area contributed by atoms with E-state index in [2.05, 4.69) is 21.2 Å². The molecule has 2 amide bonds. The molecule has 0 saturated carbocycles. The average molecular weight is 547 g/mol. The molecule has 0 bridgehead atoms. The van der Waals surface area contributed by atoms with E-state index in [4.69, 9.17) is 14.2 Å². The number of rotatable bonds is 13. The Kier molecular flexibility index (Phi) is 11.0. The highest BCUT2D eigenvalue weighted by molar-refractivity contribution is 7.98. The second-order valence-corrected chi connectivity index (χ2v) is 9.72. The maximum absolute atomic E-state index is 12.2. The van der Waals surface area contributed by atoms with Crippen LogP contribution in [0.15, 0.2) is 42.5 Å². The SMILES string of the molecule is CCOC(=O)[C@H](CCSC)NCC(=O)NNC(=O)COc1ccc(-c2nc3ccccc3s2)cc1OC. The summed E-state index contributed by atoms with van der Waals surface area (Å²) < 4.78 is 17.1. The molecule has 1 atom stereocenters. The number of carbonyl (C=O) groups excluding carboxylic acids is 3. The summed E-state index contributed by atoms with van der Waals surface area (Å²) in [4.78, 5) is 41.0. The molecular weight excluding hydrogens is 516 g/mol. The quantitative estimate of drug-likeness (QED) is 0.219. The summed E-state index contributed by atoms with van der Waals surface area (Å²) in [5.74, 6) is 0.0797. The van der Waals surface area contributed by atoms with Crippen molar-refractivity contribution < 1.29 is 28.6 Å². The van der Waals surface area contributed by atoms with Gasteiger partial charge in [0.1, 0.15) is 11.0 Å². The highest BCUT2D eigenvalue weighted by Gasteiger charge is 2.20. The number of nitrogens with zero attached hydrogens (tertiary/aromatic N) is 1. The molecule has 3 N–H and O–H groups in total. The van der Waals surface area contributed by atoms with E-state index in [9.17, 15) is 14.4 Å². The number of thioether (sulfide) groups is 1. The van der Waals surface area contributed by atoms with Gasteiger partial charge in [-0.1, -0.05) is 12.1 Å². The molecule has 37 heavy (non-hydrogen) atoms. The minimum Gasteiger partial charge on any atom is -0.493 e. The summed E-state index contributed by atoms with van der Waals surface area (Å²) >= 11 is 3.16. The number of carbonyl (C=O) groups is 3. The van der Waals surface area contributed by atoms with Crippen LogP contribution in [0.25, 0.3) is 20.8 Å². The monoisotopic (exact) mass is 546 g/mol. The van der Waals surface area contributed by atoms with Crippen molar-refractivity contribution in [1.82, 2.24) is 21.2 Å². The second kappa shape index (κ2) is 14.4. The molecule has 0 radical (unpaired) electrons. The van der Waals surface area contributed by atoms with Crippen LogP contribution in [0, 0.1) is 0 Å². The zero-order valence-electron chi connectivity index (χ0n) is 20.9. The van der Waals surface area contributed by atoms with Crippen LogP contribution in [0.4, 0.5) is 0 Å². The third kappa shape index (κ3) is 8.34. The number of benzene rings is 2. The first kappa shape index (κ1) is 28.2. The fraction of sp³-hybridized carbons (Fsp3) is 0.360. The van der Waals surface area contributed by atoms with E-state index in [0.717, 1.165) is 26.5 Å². The number of esters is 1. The number of aromatic nitrogens is 1. The molecule has 10 nitrogen and oxygen atoms in total. The number of ether oxygens (including phenoxy) is 3. The zero-order chi connectivity index (χ0) is 26.6. The minimum absolute atomic E-state index is 0.167. The fourth-order valence-electron chi connectivity index (χ4n) is 3.28. The molecule has 0 fully saturated rings. The smallest absolute Gasteiger partial charge is 0.323 e. The Morgan fingerprint density at radius 2 is 1.86 bits per heavy atom. The van der Waals surface area contributed by atoms with Gasteiger partial charge in [-0.3, -0.25) is 30.6 Å². The lowest BCUT2D eigenvalue weighted by Gasteiger charge is -2.17. The lowest BCUT2D eigenvalue weighted by atomic mass is 10.2. The van der Waals surface area contributed by atoms with E-state index in [1.807, 2.05) is 36.6 Å². The Balaban J connectivity index is 1.48. The summed E-state index contributed by atoms with van der Waals surface area (Å²) in [5.41, 5.74) is 6.38. The molecule has 12 heteroatoms. The Morgan fingerprint density at radius 3 is 2.59 bits per heavy atom. The van der Waals surface area contributed by atoms with E-state index in [1.165, 1.54) is 7.11 Å². The summed E-state index contributed by atoms with van der Waals surface area (Å²) in [5, 5.41) is 3.71. The van der Waals surface area contributed by atoms with Crippen molar-refractivity contribution in [3.05, 3.63) is 42.5 Å². The van der Waals surface area contributed by atoms with Crippen molar-refractivity contribution >= 4 is 51.1 Å². The summed E-state index contributed by atoms with van der Waals surface area (Å²) in [6.45, 7) is 1.47. The Bertz CT molecular complexity index is 1190. The molecule has 2 aromatic carbocycles. The number of hydrogen-bond donors (Lipinski definition) is 3. The van der Waals surface area contributed by atoms with E-state index >= 15 is 0 Å². The number of amides is 2. The standard InChI is InChI=1S/C25H30N4O6S2/c1-4-34-25(32)18(11-12-36-3)26-14-22(30)28-29-23(31)15-35-19-10-9-16(13-20(19)33-2)24-27-17-7-5-6-8-21(17)37-24/h5-10,13,18,26H,4,11-12,14-15H2,1-3H3,(H,28,30)(H,29,31)/t18-/m0/s1. The third-order valence-corrected chi connectivity index (χ3v) is 6.82. The Labute approximate surface area is 223 Å². The summed E-state index contributed by atoms with van der Waals surface area (Å²) in [6, 6.07) is 12.6. The van der Waals surface area contributed by atoms with Crippen molar-refractivity contribution in [3.8, 4) is 22.1 Å². The molecule has 0 aliphatic heterocycles. The second-order valence-electron chi connectivity index (χ2n) is 7.70. The van der Waals surface area contributed by atoms with Gasteiger partial charge in [-0.05, 0) is 55.7 Å². The van der Waals surface area contributed by atoms with Crippen LogP contribution in [0.2, 0.25) is 0 Å². The fourth-order valence-corrected chi connectivity index (χ4v) is 4.71. The topological polar surface area (TPSA) is 128 Å². The lowest BCUT2D eigenvalue weighted by molar-refractivity contribution is -0.145. The number of para-hydroxylation sites is 1. The number of hydrogen-bond acceptors (Lipinski definition) is 10. The molecule has 198 valence electrons. The van der Waals surface area contributed by atoms with E-state index in [0.29, 0.717) is 17.9 Å². The molecular formula is C25H30N4O6S2. The number of nitrogens with one attached hydrogen (secondary N) is 3. The first-order chi connectivity index (χ1) is 17.9. The Morgan fingerprint density at radius 1 is 1.08 bits per heavy atom. The molecule has 0 aliphatic carbocycles. The van der Waals surface area contributed by atoms with Gasteiger partial charge in [0, 0.05) is 5.56 Å². The molecule has 0 saturated heterocycles. The van der Waals surface area contributed by atoms with E-state index in [1.54, 1.807) is 42.2 Å². The Hall–Kier alpha value is -3.35. The maximum Gasteiger partial charge on any atom is 0.323 e. The van der Waals surface area contributed by atoms with Crippen molar-refractivity contribution in [2.24, 2.45) is 0 Å². The molecule has 1 heterocycles. The molecule has 3 aromatic rings. The van der Waals surface area contributed by atoms with Crippen LogP contribution in [0.1, 0.15) is 13.3 Å². The normalized spacial score (nSPS) is 11.5. The number of methoxy groups -OCH3 is 1. The van der Waals surface area contributed by atoms with Crippen molar-refractivity contribution in [2.45, 2.75) is 19.4 Å². The van der Waals surface area contributed by atoms with Gasteiger partial charge in [0.05, 0.1) is 30.5 Å². The van der Waals surface area contributed by atoms with Gasteiger partial charge in [-0.15, -0.1) is 11.3 Å². The average Bonchev–Trinajstić information content (AvgIpc) is 3.35.